The second-order valence-electron chi connectivity index (χ2n) is 4.25. The molecule has 1 rings (SSSR count). The van der Waals surface area contributed by atoms with Crippen LogP contribution in [0.3, 0.4) is 0 Å². The van der Waals surface area contributed by atoms with Crippen LogP contribution < -0.4 is 5.32 Å². The standard InChI is InChI=1S/C11H21NO3S/c1-3-15-7-9(2)12-11(10(13)14)5-4-6-16-8-11/h9,12H,3-8H2,1-2H3,(H,13,14). The molecule has 1 saturated heterocycles. The zero-order chi connectivity index (χ0) is 12.0. The van der Waals surface area contributed by atoms with E-state index in [1.165, 1.54) is 0 Å². The van der Waals surface area contributed by atoms with Gasteiger partial charge in [0.1, 0.15) is 5.54 Å². The van der Waals surface area contributed by atoms with Crippen molar-refractivity contribution in [2.75, 3.05) is 24.7 Å². The summed E-state index contributed by atoms with van der Waals surface area (Å²) in [4.78, 5) is 11.4. The van der Waals surface area contributed by atoms with Crippen LogP contribution in [0.15, 0.2) is 0 Å². The molecule has 0 spiro atoms. The molecule has 0 aromatic carbocycles. The van der Waals surface area contributed by atoms with E-state index in [1.54, 1.807) is 11.8 Å². The van der Waals surface area contributed by atoms with E-state index in [1.807, 2.05) is 13.8 Å². The van der Waals surface area contributed by atoms with Crippen molar-refractivity contribution in [3.63, 3.8) is 0 Å². The van der Waals surface area contributed by atoms with Crippen LogP contribution in [-0.2, 0) is 9.53 Å². The Morgan fingerprint density at radius 2 is 2.44 bits per heavy atom. The number of carboxylic acids is 1. The van der Waals surface area contributed by atoms with Crippen molar-refractivity contribution in [2.24, 2.45) is 0 Å². The molecule has 1 aliphatic rings. The Labute approximate surface area is 101 Å². The van der Waals surface area contributed by atoms with E-state index < -0.39 is 11.5 Å². The van der Waals surface area contributed by atoms with E-state index in [0.717, 1.165) is 12.2 Å². The largest absolute Gasteiger partial charge is 0.480 e. The van der Waals surface area contributed by atoms with Crippen LogP contribution in [0.5, 0.6) is 0 Å². The zero-order valence-electron chi connectivity index (χ0n) is 9.99. The summed E-state index contributed by atoms with van der Waals surface area (Å²) >= 11 is 1.71. The van der Waals surface area contributed by atoms with Crippen molar-refractivity contribution in [3.05, 3.63) is 0 Å². The number of rotatable bonds is 6. The fraction of sp³-hybridized carbons (Fsp3) is 0.909. The van der Waals surface area contributed by atoms with Crippen molar-refractivity contribution < 1.29 is 14.6 Å². The van der Waals surface area contributed by atoms with Gasteiger partial charge in [0, 0.05) is 18.4 Å². The average molecular weight is 247 g/mol. The number of aliphatic carboxylic acids is 1. The van der Waals surface area contributed by atoms with E-state index in [0.29, 0.717) is 25.4 Å². The van der Waals surface area contributed by atoms with Gasteiger partial charge in [-0.05, 0) is 32.4 Å². The lowest BCUT2D eigenvalue weighted by molar-refractivity contribution is -0.144. The van der Waals surface area contributed by atoms with Gasteiger partial charge in [-0.2, -0.15) is 11.8 Å². The first-order chi connectivity index (χ1) is 7.60. The van der Waals surface area contributed by atoms with E-state index in [-0.39, 0.29) is 6.04 Å². The molecule has 2 unspecified atom stereocenters. The molecule has 94 valence electrons. The minimum Gasteiger partial charge on any atom is -0.480 e. The van der Waals surface area contributed by atoms with Crippen LogP contribution in [0.2, 0.25) is 0 Å². The minimum atomic E-state index is -0.751. The van der Waals surface area contributed by atoms with E-state index in [9.17, 15) is 9.90 Å². The first kappa shape index (κ1) is 13.8. The van der Waals surface area contributed by atoms with Crippen LogP contribution >= 0.6 is 11.8 Å². The first-order valence-electron chi connectivity index (χ1n) is 5.77. The summed E-state index contributed by atoms with van der Waals surface area (Å²) in [6.07, 6.45) is 1.68. The molecule has 2 atom stereocenters. The number of nitrogens with one attached hydrogen (secondary N) is 1. The summed E-state index contributed by atoms with van der Waals surface area (Å²) in [6, 6.07) is 0.0785. The average Bonchev–Trinajstić information content (AvgIpc) is 2.27. The SMILES string of the molecule is CCOCC(C)NC1(C(=O)O)CCCSC1. The van der Waals surface area contributed by atoms with Crippen molar-refractivity contribution in [1.29, 1.82) is 0 Å². The molecular weight excluding hydrogens is 226 g/mol. The van der Waals surface area contributed by atoms with E-state index in [4.69, 9.17) is 4.74 Å². The van der Waals surface area contributed by atoms with Gasteiger partial charge in [-0.1, -0.05) is 0 Å². The van der Waals surface area contributed by atoms with Crippen LogP contribution in [0.1, 0.15) is 26.7 Å². The summed E-state index contributed by atoms with van der Waals surface area (Å²) in [6.45, 7) is 5.15. The van der Waals surface area contributed by atoms with Gasteiger partial charge in [-0.3, -0.25) is 10.1 Å². The fourth-order valence-corrected chi connectivity index (χ4v) is 3.14. The van der Waals surface area contributed by atoms with Gasteiger partial charge in [0.05, 0.1) is 6.61 Å². The van der Waals surface area contributed by atoms with Crippen molar-refractivity contribution in [2.45, 2.75) is 38.3 Å². The van der Waals surface area contributed by atoms with Gasteiger partial charge in [0.2, 0.25) is 0 Å². The molecule has 0 aromatic rings. The Bertz CT molecular complexity index is 229. The molecule has 5 heteroatoms. The smallest absolute Gasteiger partial charge is 0.324 e. The summed E-state index contributed by atoms with van der Waals surface area (Å²) in [5, 5.41) is 12.6. The summed E-state index contributed by atoms with van der Waals surface area (Å²) in [7, 11) is 0. The molecule has 0 saturated carbocycles. The number of thioether (sulfide) groups is 1. The molecular formula is C11H21NO3S. The maximum Gasteiger partial charge on any atom is 0.324 e. The molecule has 1 heterocycles. The third kappa shape index (κ3) is 3.64. The second-order valence-corrected chi connectivity index (χ2v) is 5.35. The van der Waals surface area contributed by atoms with Crippen molar-refractivity contribution >= 4 is 17.7 Å². The lowest BCUT2D eigenvalue weighted by Crippen LogP contribution is -2.59. The maximum absolute atomic E-state index is 11.4. The quantitative estimate of drug-likeness (QED) is 0.742. The molecule has 0 bridgehead atoms. The lowest BCUT2D eigenvalue weighted by Gasteiger charge is -2.36. The van der Waals surface area contributed by atoms with Crippen molar-refractivity contribution in [1.82, 2.24) is 5.32 Å². The highest BCUT2D eigenvalue weighted by molar-refractivity contribution is 7.99. The number of carboxylic acid groups (broad SMARTS) is 1. The monoisotopic (exact) mass is 247 g/mol. The van der Waals surface area contributed by atoms with Crippen molar-refractivity contribution in [3.8, 4) is 0 Å². The number of carbonyl (C=O) groups is 1. The van der Waals surface area contributed by atoms with Gasteiger partial charge in [-0.25, -0.2) is 0 Å². The highest BCUT2D eigenvalue weighted by Gasteiger charge is 2.40. The van der Waals surface area contributed by atoms with E-state index in [2.05, 4.69) is 5.32 Å². The van der Waals surface area contributed by atoms with Crippen LogP contribution in [-0.4, -0.2) is 47.4 Å². The number of hydrogen-bond acceptors (Lipinski definition) is 4. The Kier molecular flexibility index (Phi) is 5.58. The normalized spacial score (nSPS) is 27.6. The number of hydrogen-bond donors (Lipinski definition) is 2. The number of ether oxygens (including phenoxy) is 1. The molecule has 2 N–H and O–H groups in total. The summed E-state index contributed by atoms with van der Waals surface area (Å²) in [5.41, 5.74) is -0.751. The van der Waals surface area contributed by atoms with Gasteiger partial charge >= 0.3 is 5.97 Å². The topological polar surface area (TPSA) is 58.6 Å². The summed E-state index contributed by atoms with van der Waals surface area (Å²) < 4.78 is 5.30. The third-order valence-electron chi connectivity index (χ3n) is 2.74. The highest BCUT2D eigenvalue weighted by atomic mass is 32.2. The lowest BCUT2D eigenvalue weighted by atomic mass is 9.94. The molecule has 0 aliphatic carbocycles. The minimum absolute atomic E-state index is 0.0785. The molecule has 0 radical (unpaired) electrons. The molecule has 0 amide bonds. The summed E-state index contributed by atoms with van der Waals surface area (Å²) in [5.74, 6) is 0.984. The fourth-order valence-electron chi connectivity index (χ4n) is 1.95. The molecule has 1 fully saturated rings. The Morgan fingerprint density at radius 3 is 2.94 bits per heavy atom. The Balaban J connectivity index is 2.53. The van der Waals surface area contributed by atoms with Crippen LogP contribution in [0.4, 0.5) is 0 Å². The predicted octanol–water partition coefficient (Wildman–Crippen LogP) is 1.35. The zero-order valence-corrected chi connectivity index (χ0v) is 10.8. The first-order valence-corrected chi connectivity index (χ1v) is 6.93. The molecule has 1 aliphatic heterocycles. The Morgan fingerprint density at radius 1 is 1.69 bits per heavy atom. The van der Waals surface area contributed by atoms with Gasteiger partial charge in [0.15, 0.2) is 0 Å². The molecule has 4 nitrogen and oxygen atoms in total. The Hall–Kier alpha value is -0.260. The van der Waals surface area contributed by atoms with Crippen LogP contribution in [0, 0.1) is 0 Å². The molecule has 16 heavy (non-hydrogen) atoms. The van der Waals surface area contributed by atoms with Gasteiger partial charge in [-0.15, -0.1) is 0 Å². The predicted molar refractivity (Wildman–Crippen MR) is 66.0 cm³/mol. The van der Waals surface area contributed by atoms with Crippen LogP contribution in [0.25, 0.3) is 0 Å². The van der Waals surface area contributed by atoms with E-state index >= 15 is 0 Å². The maximum atomic E-state index is 11.4. The van der Waals surface area contributed by atoms with Gasteiger partial charge < -0.3 is 9.84 Å². The highest BCUT2D eigenvalue weighted by Crippen LogP contribution is 2.27. The third-order valence-corrected chi connectivity index (χ3v) is 4.02. The molecule has 0 aromatic heterocycles. The second kappa shape index (κ2) is 6.47. The van der Waals surface area contributed by atoms with Gasteiger partial charge in [0.25, 0.3) is 0 Å².